The fraction of sp³-hybridized carbons (Fsp3) is 0.130. The van der Waals surface area contributed by atoms with Crippen LogP contribution in [0, 0.1) is 16.0 Å². The van der Waals surface area contributed by atoms with Crippen molar-refractivity contribution in [3.63, 3.8) is 0 Å². The van der Waals surface area contributed by atoms with Crippen molar-refractivity contribution >= 4 is 50.8 Å². The summed E-state index contributed by atoms with van der Waals surface area (Å²) in [6, 6.07) is 19.0. The maximum atomic E-state index is 12.8. The summed E-state index contributed by atoms with van der Waals surface area (Å²) in [5.41, 5.74) is 2.34. The van der Waals surface area contributed by atoms with Crippen LogP contribution in [0.25, 0.3) is 21.9 Å². The van der Waals surface area contributed by atoms with Gasteiger partial charge in [-0.05, 0) is 24.3 Å². The van der Waals surface area contributed by atoms with Crippen LogP contribution in [0.4, 0.5) is 17.1 Å². The number of fused-ring (bicyclic) bond motifs is 3. The van der Waals surface area contributed by atoms with Crippen molar-refractivity contribution in [3.8, 4) is 0 Å². The highest BCUT2D eigenvalue weighted by Gasteiger charge is 2.35. The third kappa shape index (κ3) is 3.38. The van der Waals surface area contributed by atoms with Crippen molar-refractivity contribution in [2.75, 3.05) is 16.8 Å². The van der Waals surface area contributed by atoms with Crippen molar-refractivity contribution in [1.82, 2.24) is 0 Å². The van der Waals surface area contributed by atoms with E-state index in [1.54, 1.807) is 18.2 Å². The Morgan fingerprint density at radius 1 is 1.03 bits per heavy atom. The zero-order valence-corrected chi connectivity index (χ0v) is 16.3. The van der Waals surface area contributed by atoms with Crippen LogP contribution in [0.3, 0.4) is 0 Å². The Morgan fingerprint density at radius 2 is 1.84 bits per heavy atom. The molecular formula is C23H17N3O5. The van der Waals surface area contributed by atoms with Gasteiger partial charge in [0, 0.05) is 47.6 Å². The summed E-state index contributed by atoms with van der Waals surface area (Å²) in [7, 11) is 0. The SMILES string of the molecule is O=C(Nc1ccc2c(c1)oc1ccccc12)[C@@H]1CC(=O)N(c2cccc([N+](=O)[O-])c2)C1. The minimum absolute atomic E-state index is 0.0431. The minimum Gasteiger partial charge on any atom is -0.456 e. The second kappa shape index (κ2) is 7.24. The van der Waals surface area contributed by atoms with Crippen LogP contribution in [-0.4, -0.2) is 23.3 Å². The number of benzene rings is 3. The maximum absolute atomic E-state index is 12.8. The lowest BCUT2D eigenvalue weighted by atomic mass is 10.1. The average Bonchev–Trinajstić information content (AvgIpc) is 3.34. The molecule has 0 unspecified atom stereocenters. The molecule has 2 amide bonds. The van der Waals surface area contributed by atoms with Crippen molar-refractivity contribution in [2.24, 2.45) is 5.92 Å². The van der Waals surface area contributed by atoms with Crippen molar-refractivity contribution in [1.29, 1.82) is 0 Å². The number of nitro groups is 1. The van der Waals surface area contributed by atoms with Gasteiger partial charge in [0.15, 0.2) is 0 Å². The molecule has 0 spiro atoms. The van der Waals surface area contributed by atoms with Crippen LogP contribution in [0.1, 0.15) is 6.42 Å². The van der Waals surface area contributed by atoms with Gasteiger partial charge < -0.3 is 14.6 Å². The molecule has 1 aliphatic rings. The molecule has 0 aliphatic carbocycles. The highest BCUT2D eigenvalue weighted by Crippen LogP contribution is 2.32. The monoisotopic (exact) mass is 415 g/mol. The molecule has 154 valence electrons. The zero-order valence-electron chi connectivity index (χ0n) is 16.3. The molecule has 0 bridgehead atoms. The van der Waals surface area contributed by atoms with E-state index >= 15 is 0 Å². The first kappa shape index (κ1) is 18.8. The van der Waals surface area contributed by atoms with Gasteiger partial charge in [0.1, 0.15) is 11.2 Å². The number of hydrogen-bond donors (Lipinski definition) is 1. The minimum atomic E-state index is -0.557. The number of carbonyl (C=O) groups is 2. The van der Waals surface area contributed by atoms with E-state index < -0.39 is 10.8 Å². The van der Waals surface area contributed by atoms with Gasteiger partial charge in [-0.1, -0.05) is 24.3 Å². The molecule has 1 saturated heterocycles. The van der Waals surface area contributed by atoms with Crippen LogP contribution in [0.5, 0.6) is 0 Å². The van der Waals surface area contributed by atoms with Crippen LogP contribution in [-0.2, 0) is 9.59 Å². The Morgan fingerprint density at radius 3 is 2.68 bits per heavy atom. The average molecular weight is 415 g/mol. The molecule has 1 fully saturated rings. The van der Waals surface area contributed by atoms with Gasteiger partial charge in [-0.3, -0.25) is 19.7 Å². The van der Waals surface area contributed by atoms with E-state index in [9.17, 15) is 19.7 Å². The number of non-ortho nitro benzene ring substituents is 1. The number of nitro benzene ring substituents is 1. The van der Waals surface area contributed by atoms with Crippen molar-refractivity contribution in [3.05, 3.63) is 76.8 Å². The van der Waals surface area contributed by atoms with Gasteiger partial charge in [-0.2, -0.15) is 0 Å². The second-order valence-electron chi connectivity index (χ2n) is 7.48. The molecule has 4 aromatic rings. The second-order valence-corrected chi connectivity index (χ2v) is 7.48. The normalized spacial score (nSPS) is 16.2. The molecule has 31 heavy (non-hydrogen) atoms. The highest BCUT2D eigenvalue weighted by atomic mass is 16.6. The van der Waals surface area contributed by atoms with E-state index in [0.717, 1.165) is 16.4 Å². The Balaban J connectivity index is 1.34. The first-order chi connectivity index (χ1) is 15.0. The summed E-state index contributed by atoms with van der Waals surface area (Å²) in [6.07, 6.45) is 0.0431. The molecule has 3 aromatic carbocycles. The molecule has 1 atom stereocenters. The van der Waals surface area contributed by atoms with Crippen LogP contribution in [0.2, 0.25) is 0 Å². The standard InChI is InChI=1S/C23H17N3O5/c27-22-10-14(13-25(22)16-4-3-5-17(12-16)26(29)30)23(28)24-15-8-9-19-18-6-1-2-7-20(18)31-21(19)11-15/h1-9,11-12,14H,10,13H2,(H,24,28)/t14-/m1/s1. The number of rotatable bonds is 4. The summed E-state index contributed by atoms with van der Waals surface area (Å²) in [4.78, 5) is 37.2. The number of amides is 2. The van der Waals surface area contributed by atoms with Crippen molar-refractivity contribution in [2.45, 2.75) is 6.42 Å². The molecule has 0 radical (unpaired) electrons. The van der Waals surface area contributed by atoms with Gasteiger partial charge in [-0.25, -0.2) is 0 Å². The first-order valence-electron chi connectivity index (χ1n) is 9.76. The van der Waals surface area contributed by atoms with E-state index in [4.69, 9.17) is 4.42 Å². The third-order valence-electron chi connectivity index (χ3n) is 5.49. The number of furan rings is 1. The molecule has 1 N–H and O–H groups in total. The van der Waals surface area contributed by atoms with Crippen molar-refractivity contribution < 1.29 is 18.9 Å². The lowest BCUT2D eigenvalue weighted by Crippen LogP contribution is -2.28. The van der Waals surface area contributed by atoms with Gasteiger partial charge >= 0.3 is 0 Å². The van der Waals surface area contributed by atoms with E-state index in [0.29, 0.717) is 17.0 Å². The number of hydrogen-bond acceptors (Lipinski definition) is 5. The summed E-state index contributed by atoms with van der Waals surface area (Å²) in [6.45, 7) is 0.165. The number of anilines is 2. The van der Waals surface area contributed by atoms with Crippen LogP contribution in [0.15, 0.2) is 71.1 Å². The lowest BCUT2D eigenvalue weighted by molar-refractivity contribution is -0.384. The fourth-order valence-corrected chi connectivity index (χ4v) is 3.96. The molecule has 5 rings (SSSR count). The molecular weight excluding hydrogens is 398 g/mol. The molecule has 8 nitrogen and oxygen atoms in total. The Kier molecular flexibility index (Phi) is 4.39. The van der Waals surface area contributed by atoms with Gasteiger partial charge in [-0.15, -0.1) is 0 Å². The topological polar surface area (TPSA) is 106 Å². The van der Waals surface area contributed by atoms with E-state index in [-0.39, 0.29) is 30.5 Å². The third-order valence-corrected chi connectivity index (χ3v) is 5.49. The Labute approximate surface area is 176 Å². The van der Waals surface area contributed by atoms with Gasteiger partial charge in [0.25, 0.3) is 5.69 Å². The molecule has 1 aromatic heterocycles. The number of nitrogens with one attached hydrogen (secondary N) is 1. The quantitative estimate of drug-likeness (QED) is 0.391. The van der Waals surface area contributed by atoms with Crippen LogP contribution < -0.4 is 10.2 Å². The molecule has 1 aliphatic heterocycles. The first-order valence-corrected chi connectivity index (χ1v) is 9.76. The van der Waals surface area contributed by atoms with E-state index in [2.05, 4.69) is 5.32 Å². The Bertz CT molecular complexity index is 1360. The maximum Gasteiger partial charge on any atom is 0.271 e. The number of carbonyl (C=O) groups excluding carboxylic acids is 2. The summed E-state index contributed by atoms with van der Waals surface area (Å²) in [5.74, 6) is -1.08. The van der Waals surface area contributed by atoms with Crippen LogP contribution >= 0.6 is 0 Å². The fourth-order valence-electron chi connectivity index (χ4n) is 3.96. The highest BCUT2D eigenvalue weighted by molar-refractivity contribution is 6.07. The lowest BCUT2D eigenvalue weighted by Gasteiger charge is -2.16. The van der Waals surface area contributed by atoms with Gasteiger partial charge in [0.2, 0.25) is 11.8 Å². The largest absolute Gasteiger partial charge is 0.456 e. The summed E-state index contributed by atoms with van der Waals surface area (Å²) < 4.78 is 5.85. The number of nitrogens with zero attached hydrogens (tertiary/aromatic N) is 2. The molecule has 2 heterocycles. The van der Waals surface area contributed by atoms with E-state index in [1.807, 2.05) is 30.3 Å². The smallest absolute Gasteiger partial charge is 0.271 e. The zero-order chi connectivity index (χ0) is 21.5. The predicted octanol–water partition coefficient (Wildman–Crippen LogP) is 4.49. The number of para-hydroxylation sites is 1. The summed E-state index contributed by atoms with van der Waals surface area (Å²) >= 11 is 0. The predicted molar refractivity (Wildman–Crippen MR) is 116 cm³/mol. The molecule has 0 saturated carbocycles. The van der Waals surface area contributed by atoms with Gasteiger partial charge in [0.05, 0.1) is 16.5 Å². The molecule has 8 heteroatoms. The van der Waals surface area contributed by atoms with E-state index in [1.165, 1.54) is 23.1 Å². The Hall–Kier alpha value is -4.20. The summed E-state index contributed by atoms with van der Waals surface area (Å²) in [5, 5.41) is 15.8.